The number of phenols is 1. The number of hydrogen-bond acceptors (Lipinski definition) is 6. The number of fused-ring (bicyclic) bond motifs is 2. The van der Waals surface area contributed by atoms with Crippen LogP contribution in [0.2, 0.25) is 5.02 Å². The zero-order valence-electron chi connectivity index (χ0n) is 23.5. The van der Waals surface area contributed by atoms with Crippen LogP contribution in [-0.2, 0) is 11.3 Å². The minimum Gasteiger partial charge on any atom is -0.508 e. The summed E-state index contributed by atoms with van der Waals surface area (Å²) in [5.74, 6) is 0.489. The molecule has 1 aromatic heterocycles. The molecule has 0 spiro atoms. The van der Waals surface area contributed by atoms with Crippen molar-refractivity contribution in [3.8, 4) is 34.1 Å². The second-order valence-corrected chi connectivity index (χ2v) is 10.8. The van der Waals surface area contributed by atoms with E-state index in [0.29, 0.717) is 51.8 Å². The Kier molecular flexibility index (Phi) is 7.19. The quantitative estimate of drug-likeness (QED) is 0.209. The molecule has 0 atom stereocenters. The number of methoxy groups -OCH3 is 2. The summed E-state index contributed by atoms with van der Waals surface area (Å²) in [7, 11) is 2.95. The lowest BCUT2D eigenvalue weighted by atomic mass is 9.96. The van der Waals surface area contributed by atoms with Crippen LogP contribution in [0.5, 0.6) is 17.2 Å². The number of aromatic hydroxyl groups is 1. The molecule has 1 aliphatic rings. The number of para-hydroxylation sites is 1. The van der Waals surface area contributed by atoms with Crippen LogP contribution in [0, 0.1) is 5.92 Å². The first-order valence-electron chi connectivity index (χ1n) is 13.6. The van der Waals surface area contributed by atoms with Crippen molar-refractivity contribution in [1.82, 2.24) is 14.0 Å². The van der Waals surface area contributed by atoms with Crippen molar-refractivity contribution in [2.24, 2.45) is 5.92 Å². The third-order valence-electron chi connectivity index (χ3n) is 7.87. The van der Waals surface area contributed by atoms with E-state index in [9.17, 15) is 19.5 Å². The summed E-state index contributed by atoms with van der Waals surface area (Å²) in [6.07, 6.45) is 1.26. The number of likely N-dealkylation sites (tertiary alicyclic amines) is 1. The van der Waals surface area contributed by atoms with Gasteiger partial charge in [-0.25, -0.2) is 0 Å². The van der Waals surface area contributed by atoms with E-state index in [2.05, 4.69) is 6.58 Å². The topological polar surface area (TPSA) is 103 Å². The van der Waals surface area contributed by atoms with Gasteiger partial charge in [-0.3, -0.25) is 19.0 Å². The van der Waals surface area contributed by atoms with Crippen LogP contribution >= 0.6 is 11.6 Å². The van der Waals surface area contributed by atoms with E-state index in [0.717, 1.165) is 10.8 Å². The Bertz CT molecular complexity index is 2040. The number of amides is 1. The van der Waals surface area contributed by atoms with Gasteiger partial charge in [0.2, 0.25) is 5.91 Å². The van der Waals surface area contributed by atoms with Crippen LogP contribution in [0.1, 0.15) is 0 Å². The number of carbonyl (C=O) groups is 1. The van der Waals surface area contributed by atoms with Crippen LogP contribution in [0.25, 0.3) is 38.6 Å². The lowest BCUT2D eigenvalue weighted by molar-refractivity contribution is -0.132. The summed E-state index contributed by atoms with van der Waals surface area (Å²) in [4.78, 5) is 41.4. The van der Waals surface area contributed by atoms with Crippen LogP contribution in [-0.4, -0.2) is 52.4 Å². The molecule has 9 nitrogen and oxygen atoms in total. The molecule has 6 rings (SSSR count). The normalized spacial score (nSPS) is 13.2. The minimum absolute atomic E-state index is 0.0469. The van der Waals surface area contributed by atoms with Crippen molar-refractivity contribution in [2.75, 3.05) is 27.3 Å². The van der Waals surface area contributed by atoms with Crippen molar-refractivity contribution in [2.45, 2.75) is 6.54 Å². The van der Waals surface area contributed by atoms with Gasteiger partial charge in [-0.05, 0) is 58.8 Å². The Morgan fingerprint density at radius 3 is 2.33 bits per heavy atom. The molecule has 218 valence electrons. The van der Waals surface area contributed by atoms with Gasteiger partial charge >= 0.3 is 11.1 Å². The summed E-state index contributed by atoms with van der Waals surface area (Å²) >= 11 is 6.94. The highest BCUT2D eigenvalue weighted by Crippen LogP contribution is 2.40. The molecular formula is C33H28ClN3O6. The number of halogens is 1. The maximum atomic E-state index is 14.0. The molecule has 0 bridgehead atoms. The van der Waals surface area contributed by atoms with Gasteiger partial charge in [-0.15, -0.1) is 0 Å². The third-order valence-corrected chi connectivity index (χ3v) is 8.19. The van der Waals surface area contributed by atoms with Gasteiger partial charge in [-0.2, -0.15) is 0 Å². The van der Waals surface area contributed by atoms with Crippen LogP contribution < -0.4 is 20.6 Å². The Balaban J connectivity index is 1.66. The first kappa shape index (κ1) is 28.1. The van der Waals surface area contributed by atoms with Crippen molar-refractivity contribution < 1.29 is 19.4 Å². The maximum Gasteiger partial charge on any atom is 0.321 e. The number of rotatable bonds is 7. The van der Waals surface area contributed by atoms with Gasteiger partial charge in [0.15, 0.2) is 0 Å². The monoisotopic (exact) mass is 597 g/mol. The number of benzene rings is 4. The third kappa shape index (κ3) is 4.71. The Morgan fingerprint density at radius 1 is 0.953 bits per heavy atom. The van der Waals surface area contributed by atoms with Gasteiger partial charge in [0.25, 0.3) is 0 Å². The molecule has 0 unspecified atom stereocenters. The van der Waals surface area contributed by atoms with Gasteiger partial charge in [0.05, 0.1) is 30.3 Å². The van der Waals surface area contributed by atoms with E-state index < -0.39 is 11.1 Å². The van der Waals surface area contributed by atoms with Crippen molar-refractivity contribution >= 4 is 39.3 Å². The fourth-order valence-corrected chi connectivity index (χ4v) is 6.07. The average Bonchev–Trinajstić information content (AvgIpc) is 2.99. The van der Waals surface area contributed by atoms with E-state index in [1.807, 2.05) is 24.3 Å². The molecule has 2 heterocycles. The summed E-state index contributed by atoms with van der Waals surface area (Å²) in [5, 5.41) is 12.6. The number of carbonyl (C=O) groups excluding carboxylic acids is 1. The predicted octanol–water partition coefficient (Wildman–Crippen LogP) is 4.99. The molecule has 1 aliphatic heterocycles. The van der Waals surface area contributed by atoms with Crippen LogP contribution in [0.4, 0.5) is 0 Å². The van der Waals surface area contributed by atoms with Gasteiger partial charge in [0, 0.05) is 31.1 Å². The molecule has 1 amide bonds. The molecule has 1 fully saturated rings. The summed E-state index contributed by atoms with van der Waals surface area (Å²) < 4.78 is 13.9. The number of hydrogen-bond donors (Lipinski definition) is 1. The standard InChI is InChI=1S/C33H28ClN3O6/c1-4-30(39)35-16-19(17-35)18-36-26-15-25(34)24(23-13-21(38)12-20-8-5-6-9-22(20)23)14-27(26)37(33(41)32(36)40)31-28(42-2)10-7-11-29(31)43-3/h4-15,19,38H,1,16-18H2,2-3H3. The largest absolute Gasteiger partial charge is 0.508 e. The van der Waals surface area contributed by atoms with Crippen LogP contribution in [0.15, 0.2) is 89.0 Å². The fourth-order valence-electron chi connectivity index (χ4n) is 5.81. The van der Waals surface area contributed by atoms with Crippen molar-refractivity contribution in [3.63, 3.8) is 0 Å². The Labute approximate surface area is 251 Å². The highest BCUT2D eigenvalue weighted by atomic mass is 35.5. The number of nitrogens with zero attached hydrogens (tertiary/aromatic N) is 3. The second-order valence-electron chi connectivity index (χ2n) is 10.4. The van der Waals surface area contributed by atoms with E-state index >= 15 is 0 Å². The summed E-state index contributed by atoms with van der Waals surface area (Å²) in [6.45, 7) is 4.61. The minimum atomic E-state index is -0.803. The highest BCUT2D eigenvalue weighted by molar-refractivity contribution is 6.34. The van der Waals surface area contributed by atoms with E-state index in [1.165, 1.54) is 29.4 Å². The van der Waals surface area contributed by atoms with Gasteiger partial charge in [-0.1, -0.05) is 48.5 Å². The molecule has 1 saturated heterocycles. The molecule has 0 aliphatic carbocycles. The zero-order chi connectivity index (χ0) is 30.4. The molecule has 0 radical (unpaired) electrons. The van der Waals surface area contributed by atoms with E-state index in [-0.39, 0.29) is 29.8 Å². The van der Waals surface area contributed by atoms with Crippen LogP contribution in [0.3, 0.4) is 0 Å². The second kappa shape index (κ2) is 11.0. The zero-order valence-corrected chi connectivity index (χ0v) is 24.3. The summed E-state index contributed by atoms with van der Waals surface area (Å²) in [5.41, 5.74) is 0.737. The summed E-state index contributed by atoms with van der Waals surface area (Å²) in [6, 6.07) is 19.4. The molecule has 4 aromatic carbocycles. The highest BCUT2D eigenvalue weighted by Gasteiger charge is 2.31. The Hall–Kier alpha value is -5.02. The maximum absolute atomic E-state index is 14.0. The Morgan fingerprint density at radius 2 is 1.65 bits per heavy atom. The SMILES string of the molecule is C=CC(=O)N1CC(Cn2c(=O)c(=O)n(-c3c(OC)cccc3OC)c3cc(-c4cc(O)cc5ccccc45)c(Cl)cc32)C1. The lowest BCUT2D eigenvalue weighted by Gasteiger charge is -2.39. The number of phenolic OH excluding ortho intramolecular Hbond substituents is 1. The van der Waals surface area contributed by atoms with E-state index in [1.54, 1.807) is 47.4 Å². The molecule has 5 aromatic rings. The number of aromatic nitrogens is 2. The smallest absolute Gasteiger partial charge is 0.321 e. The molecule has 1 N–H and O–H groups in total. The fraction of sp³-hybridized carbons (Fsp3) is 0.182. The van der Waals surface area contributed by atoms with E-state index in [4.69, 9.17) is 21.1 Å². The van der Waals surface area contributed by atoms with Gasteiger partial charge < -0.3 is 24.0 Å². The predicted molar refractivity (Wildman–Crippen MR) is 167 cm³/mol. The first-order chi connectivity index (χ1) is 20.7. The van der Waals surface area contributed by atoms with Crippen molar-refractivity contribution in [1.29, 1.82) is 0 Å². The first-order valence-corrected chi connectivity index (χ1v) is 14.0. The molecule has 10 heteroatoms. The average molecular weight is 598 g/mol. The van der Waals surface area contributed by atoms with Gasteiger partial charge in [0.1, 0.15) is 22.9 Å². The number of ether oxygens (including phenoxy) is 2. The lowest BCUT2D eigenvalue weighted by Crippen LogP contribution is -2.52. The molecular weight excluding hydrogens is 570 g/mol. The van der Waals surface area contributed by atoms with Crippen molar-refractivity contribution in [3.05, 3.63) is 105 Å². The molecule has 43 heavy (non-hydrogen) atoms. The molecule has 0 saturated carbocycles.